The number of amides is 1. The number of thioether (sulfide) groups is 1. The first-order chi connectivity index (χ1) is 13.6. The van der Waals surface area contributed by atoms with Gasteiger partial charge in [-0.05, 0) is 54.8 Å². The molecule has 1 aromatic heterocycles. The second kappa shape index (κ2) is 9.75. The number of rotatable bonds is 8. The molecule has 28 heavy (non-hydrogen) atoms. The van der Waals surface area contributed by atoms with Crippen LogP contribution < -0.4 is 5.32 Å². The standard InChI is InChI=1S/C21H23ClN4OS/c1-3-4-5-15-6-12-18(13-7-15)23-19(27)14-28-21-25-24-20(26(21)2)16-8-10-17(22)11-9-16/h6-13H,3-5,14H2,1-2H3,(H,23,27). The molecule has 3 rings (SSSR count). The number of hydrogen-bond donors (Lipinski definition) is 1. The number of benzene rings is 2. The quantitative estimate of drug-likeness (QED) is 0.514. The number of carbonyl (C=O) groups is 1. The summed E-state index contributed by atoms with van der Waals surface area (Å²) in [6, 6.07) is 15.5. The molecule has 0 atom stereocenters. The van der Waals surface area contributed by atoms with Crippen LogP contribution in [0.5, 0.6) is 0 Å². The summed E-state index contributed by atoms with van der Waals surface area (Å²) in [6.07, 6.45) is 3.43. The molecule has 146 valence electrons. The van der Waals surface area contributed by atoms with Crippen LogP contribution in [0.25, 0.3) is 11.4 Å². The average Bonchev–Trinajstić information content (AvgIpc) is 3.07. The zero-order valence-electron chi connectivity index (χ0n) is 16.0. The van der Waals surface area contributed by atoms with Crippen molar-refractivity contribution in [3.63, 3.8) is 0 Å². The third-order valence-corrected chi connectivity index (χ3v) is 5.60. The van der Waals surface area contributed by atoms with Gasteiger partial charge >= 0.3 is 0 Å². The maximum Gasteiger partial charge on any atom is 0.234 e. The molecular formula is C21H23ClN4OS. The summed E-state index contributed by atoms with van der Waals surface area (Å²) in [4.78, 5) is 12.3. The SMILES string of the molecule is CCCCc1ccc(NC(=O)CSc2nnc(-c3ccc(Cl)cc3)n2C)cc1. The molecule has 0 aliphatic carbocycles. The molecule has 0 aliphatic rings. The van der Waals surface area contributed by atoms with E-state index in [1.165, 1.54) is 30.2 Å². The molecule has 0 saturated heterocycles. The third kappa shape index (κ3) is 5.36. The Hall–Kier alpha value is -2.31. The van der Waals surface area contributed by atoms with Crippen molar-refractivity contribution < 1.29 is 4.79 Å². The molecule has 0 spiro atoms. The summed E-state index contributed by atoms with van der Waals surface area (Å²) in [7, 11) is 1.89. The highest BCUT2D eigenvalue weighted by Crippen LogP contribution is 2.24. The van der Waals surface area contributed by atoms with Gasteiger partial charge in [0, 0.05) is 23.3 Å². The number of nitrogens with zero attached hydrogens (tertiary/aromatic N) is 3. The van der Waals surface area contributed by atoms with Gasteiger partial charge in [0.05, 0.1) is 5.75 Å². The molecule has 3 aromatic rings. The first kappa shape index (κ1) is 20.4. The van der Waals surface area contributed by atoms with Crippen LogP contribution in [0.3, 0.4) is 0 Å². The van der Waals surface area contributed by atoms with Gasteiger partial charge < -0.3 is 9.88 Å². The Balaban J connectivity index is 1.55. The van der Waals surface area contributed by atoms with Crippen LogP contribution in [0, 0.1) is 0 Å². The first-order valence-electron chi connectivity index (χ1n) is 9.23. The number of halogens is 1. The van der Waals surface area contributed by atoms with Gasteiger partial charge in [0.1, 0.15) is 0 Å². The highest BCUT2D eigenvalue weighted by atomic mass is 35.5. The summed E-state index contributed by atoms with van der Waals surface area (Å²) in [5.41, 5.74) is 3.03. The highest BCUT2D eigenvalue weighted by Gasteiger charge is 2.13. The Morgan fingerprint density at radius 3 is 2.50 bits per heavy atom. The number of anilines is 1. The summed E-state index contributed by atoms with van der Waals surface area (Å²) < 4.78 is 1.88. The Kier molecular flexibility index (Phi) is 7.12. The van der Waals surface area contributed by atoms with Gasteiger partial charge in [0.25, 0.3) is 0 Å². The maximum absolute atomic E-state index is 12.3. The van der Waals surface area contributed by atoms with Crippen molar-refractivity contribution in [3.8, 4) is 11.4 Å². The smallest absolute Gasteiger partial charge is 0.234 e. The zero-order valence-corrected chi connectivity index (χ0v) is 17.6. The number of aromatic nitrogens is 3. The van der Waals surface area contributed by atoms with Crippen molar-refractivity contribution in [2.75, 3.05) is 11.1 Å². The van der Waals surface area contributed by atoms with E-state index in [9.17, 15) is 4.79 Å². The van der Waals surface area contributed by atoms with Crippen LogP contribution in [0.15, 0.2) is 53.7 Å². The number of carbonyl (C=O) groups excluding carboxylic acids is 1. The average molecular weight is 415 g/mol. The van der Waals surface area contributed by atoms with E-state index in [2.05, 4.69) is 34.6 Å². The van der Waals surface area contributed by atoms with E-state index < -0.39 is 0 Å². The lowest BCUT2D eigenvalue weighted by molar-refractivity contribution is -0.113. The van der Waals surface area contributed by atoms with Crippen LogP contribution in [-0.2, 0) is 18.3 Å². The molecule has 1 N–H and O–H groups in total. The van der Waals surface area contributed by atoms with E-state index in [-0.39, 0.29) is 11.7 Å². The predicted molar refractivity (Wildman–Crippen MR) is 116 cm³/mol. The molecular weight excluding hydrogens is 392 g/mol. The number of unbranched alkanes of at least 4 members (excludes halogenated alkanes) is 1. The maximum atomic E-state index is 12.3. The van der Waals surface area contributed by atoms with Crippen molar-refractivity contribution in [2.24, 2.45) is 7.05 Å². The molecule has 0 fully saturated rings. The monoisotopic (exact) mass is 414 g/mol. The van der Waals surface area contributed by atoms with Crippen molar-refractivity contribution in [3.05, 3.63) is 59.1 Å². The lowest BCUT2D eigenvalue weighted by Crippen LogP contribution is -2.14. The van der Waals surface area contributed by atoms with Gasteiger partial charge in [-0.3, -0.25) is 4.79 Å². The van der Waals surface area contributed by atoms with Crippen LogP contribution >= 0.6 is 23.4 Å². The predicted octanol–water partition coefficient (Wildman–Crippen LogP) is 5.21. The van der Waals surface area contributed by atoms with Crippen molar-refractivity contribution in [1.29, 1.82) is 0 Å². The van der Waals surface area contributed by atoms with E-state index >= 15 is 0 Å². The molecule has 0 bridgehead atoms. The van der Waals surface area contributed by atoms with Gasteiger partial charge in [-0.15, -0.1) is 10.2 Å². The van der Waals surface area contributed by atoms with E-state index in [0.29, 0.717) is 10.2 Å². The molecule has 0 aliphatic heterocycles. The summed E-state index contributed by atoms with van der Waals surface area (Å²) in [5, 5.41) is 12.7. The second-order valence-corrected chi connectivity index (χ2v) is 7.89. The van der Waals surface area contributed by atoms with Crippen LogP contribution in [0.4, 0.5) is 5.69 Å². The van der Waals surface area contributed by atoms with Crippen LogP contribution in [-0.4, -0.2) is 26.4 Å². The van der Waals surface area contributed by atoms with E-state index in [1.54, 1.807) is 0 Å². The Morgan fingerprint density at radius 1 is 1.11 bits per heavy atom. The molecule has 0 radical (unpaired) electrons. The molecule has 1 heterocycles. The minimum absolute atomic E-state index is 0.0673. The van der Waals surface area contributed by atoms with Crippen molar-refractivity contribution in [1.82, 2.24) is 14.8 Å². The van der Waals surface area contributed by atoms with Gasteiger partial charge in [-0.2, -0.15) is 0 Å². The number of aryl methyl sites for hydroxylation is 1. The highest BCUT2D eigenvalue weighted by molar-refractivity contribution is 7.99. The van der Waals surface area contributed by atoms with Crippen LogP contribution in [0.2, 0.25) is 5.02 Å². The molecule has 7 heteroatoms. The Morgan fingerprint density at radius 2 is 1.82 bits per heavy atom. The molecule has 2 aromatic carbocycles. The minimum Gasteiger partial charge on any atom is -0.325 e. The van der Waals surface area contributed by atoms with Gasteiger partial charge in [0.15, 0.2) is 11.0 Å². The fourth-order valence-electron chi connectivity index (χ4n) is 2.75. The number of nitrogens with one attached hydrogen (secondary N) is 1. The van der Waals surface area contributed by atoms with E-state index in [4.69, 9.17) is 11.6 Å². The third-order valence-electron chi connectivity index (χ3n) is 4.33. The minimum atomic E-state index is -0.0673. The van der Waals surface area contributed by atoms with Gasteiger partial charge in [-0.1, -0.05) is 48.8 Å². The van der Waals surface area contributed by atoms with E-state index in [0.717, 1.165) is 23.5 Å². The fraction of sp³-hybridized carbons (Fsp3) is 0.286. The first-order valence-corrected chi connectivity index (χ1v) is 10.6. The molecule has 1 amide bonds. The summed E-state index contributed by atoms with van der Waals surface area (Å²) in [5.74, 6) is 0.939. The number of hydrogen-bond acceptors (Lipinski definition) is 4. The molecule has 0 saturated carbocycles. The van der Waals surface area contributed by atoms with Gasteiger partial charge in [0.2, 0.25) is 5.91 Å². The second-order valence-electron chi connectivity index (χ2n) is 6.51. The lowest BCUT2D eigenvalue weighted by atomic mass is 10.1. The lowest BCUT2D eigenvalue weighted by Gasteiger charge is -2.07. The Bertz CT molecular complexity index is 923. The molecule has 0 unspecified atom stereocenters. The van der Waals surface area contributed by atoms with Gasteiger partial charge in [-0.25, -0.2) is 0 Å². The molecule has 5 nitrogen and oxygen atoms in total. The largest absolute Gasteiger partial charge is 0.325 e. The van der Waals surface area contributed by atoms with E-state index in [1.807, 2.05) is 48.0 Å². The fourth-order valence-corrected chi connectivity index (χ4v) is 3.59. The normalized spacial score (nSPS) is 10.8. The van der Waals surface area contributed by atoms with Crippen LogP contribution in [0.1, 0.15) is 25.3 Å². The van der Waals surface area contributed by atoms with Crippen molar-refractivity contribution >= 4 is 35.0 Å². The topological polar surface area (TPSA) is 59.8 Å². The van der Waals surface area contributed by atoms with Crippen molar-refractivity contribution in [2.45, 2.75) is 31.3 Å². The Labute approximate surface area is 174 Å². The summed E-state index contributed by atoms with van der Waals surface area (Å²) in [6.45, 7) is 2.18. The zero-order chi connectivity index (χ0) is 19.9. The summed E-state index contributed by atoms with van der Waals surface area (Å²) >= 11 is 7.29.